The quantitative estimate of drug-likeness (QED) is 0.291. The van der Waals surface area contributed by atoms with Crippen molar-refractivity contribution >= 4 is 10.1 Å². The van der Waals surface area contributed by atoms with Gasteiger partial charge in [0.15, 0.2) is 4.91 Å². The molecule has 1 unspecified atom stereocenters. The van der Waals surface area contributed by atoms with E-state index in [4.69, 9.17) is 10.3 Å². The Morgan fingerprint density at radius 3 is 2.29 bits per heavy atom. The first-order chi connectivity index (χ1) is 7.58. The molecule has 0 saturated heterocycles. The zero-order valence-corrected chi connectivity index (χ0v) is 8.96. The van der Waals surface area contributed by atoms with Crippen molar-refractivity contribution in [1.29, 1.82) is 0 Å². The average Bonchev–Trinajstić information content (AvgIpc) is 2.15. The summed E-state index contributed by atoms with van der Waals surface area (Å²) in [7, 11) is -4.82. The Bertz CT molecular complexity index is 548. The molecule has 0 spiro atoms. The molecule has 1 atom stereocenters. The summed E-state index contributed by atoms with van der Waals surface area (Å²) in [4.78, 5) is 18.0. The molecule has 0 aromatic rings. The third kappa shape index (κ3) is 2.46. The summed E-state index contributed by atoms with van der Waals surface area (Å²) in [6, 6.07) is 0. The maximum atomic E-state index is 10.8. The molecule has 0 saturated carbocycles. The van der Waals surface area contributed by atoms with Gasteiger partial charge < -0.3 is 0 Å². The van der Waals surface area contributed by atoms with Gasteiger partial charge in [0, 0.05) is 4.92 Å². The van der Waals surface area contributed by atoms with Crippen LogP contribution in [0, 0.1) is 20.2 Å². The molecule has 10 nitrogen and oxygen atoms in total. The third-order valence-corrected chi connectivity index (χ3v) is 3.00. The largest absolute Gasteiger partial charge is 0.301 e. The van der Waals surface area contributed by atoms with Crippen LogP contribution in [0.5, 0.6) is 0 Å². The minimum absolute atomic E-state index is 0.399. The molecule has 0 radical (unpaired) electrons. The number of rotatable bonds is 3. The fourth-order valence-electron chi connectivity index (χ4n) is 1.23. The van der Waals surface area contributed by atoms with Crippen molar-refractivity contribution in [2.45, 2.75) is 12.1 Å². The lowest BCUT2D eigenvalue weighted by atomic mass is 10.0. The average molecular weight is 265 g/mol. The molecule has 0 fully saturated rings. The van der Waals surface area contributed by atoms with Crippen LogP contribution >= 0.6 is 0 Å². The molecule has 1 aliphatic rings. The van der Waals surface area contributed by atoms with Crippen molar-refractivity contribution in [3.05, 3.63) is 43.0 Å². The fraction of sp³-hybridized carbons (Fsp3) is 0.333. The molecular weight excluding hydrogens is 258 g/mol. The van der Waals surface area contributed by atoms with Gasteiger partial charge in [-0.05, 0) is 6.08 Å². The van der Waals surface area contributed by atoms with E-state index < -0.39 is 42.7 Å². The number of nitrogens with zero attached hydrogens (tertiary/aromatic N) is 2. The standard InChI is InChI=1S/C6H7N3O7S/c7-6(9(12)13)2-1-5(17(14,15)16)4(3-6)8(10)11/h1,3H,2,7H2,(H,14,15,16). The minimum Gasteiger partial charge on any atom is -0.282 e. The summed E-state index contributed by atoms with van der Waals surface area (Å²) in [5.41, 5.74) is 1.87. The summed E-state index contributed by atoms with van der Waals surface area (Å²) in [5.74, 6) is 0. The van der Waals surface area contributed by atoms with Crippen molar-refractivity contribution in [2.75, 3.05) is 0 Å². The Morgan fingerprint density at radius 2 is 1.94 bits per heavy atom. The van der Waals surface area contributed by atoms with Crippen molar-refractivity contribution in [3.63, 3.8) is 0 Å². The lowest BCUT2D eigenvalue weighted by molar-refractivity contribution is -0.555. The van der Waals surface area contributed by atoms with Gasteiger partial charge in [-0.25, -0.2) is 0 Å². The van der Waals surface area contributed by atoms with Crippen LogP contribution in [-0.2, 0) is 10.1 Å². The molecular formula is C6H7N3O7S. The first-order valence-electron chi connectivity index (χ1n) is 4.06. The first-order valence-corrected chi connectivity index (χ1v) is 5.50. The molecule has 0 bridgehead atoms. The van der Waals surface area contributed by atoms with Gasteiger partial charge in [0.2, 0.25) is 0 Å². The predicted octanol–water partition coefficient (Wildman–Crippen LogP) is -0.746. The second-order valence-corrected chi connectivity index (χ2v) is 4.67. The van der Waals surface area contributed by atoms with E-state index in [2.05, 4.69) is 0 Å². The molecule has 0 aromatic heterocycles. The smallest absolute Gasteiger partial charge is 0.282 e. The highest BCUT2D eigenvalue weighted by molar-refractivity contribution is 7.90. The lowest BCUT2D eigenvalue weighted by Gasteiger charge is -2.18. The number of nitro groups is 2. The second-order valence-electron chi connectivity index (χ2n) is 3.28. The number of hydrogen-bond acceptors (Lipinski definition) is 7. The van der Waals surface area contributed by atoms with E-state index in [0.717, 1.165) is 0 Å². The summed E-state index contributed by atoms with van der Waals surface area (Å²) < 4.78 is 30.3. The summed E-state index contributed by atoms with van der Waals surface area (Å²) in [6.45, 7) is 0. The SMILES string of the molecule is NC1([N+](=O)[O-])C=C([N+](=O)[O-])C(S(=O)(=O)O)=CC1. The zero-order valence-electron chi connectivity index (χ0n) is 8.14. The summed E-state index contributed by atoms with van der Waals surface area (Å²) in [5, 5.41) is 21.1. The summed E-state index contributed by atoms with van der Waals surface area (Å²) >= 11 is 0. The van der Waals surface area contributed by atoms with Crippen molar-refractivity contribution < 1.29 is 22.8 Å². The molecule has 94 valence electrons. The zero-order chi connectivity index (χ0) is 13.4. The van der Waals surface area contributed by atoms with Gasteiger partial charge in [0.1, 0.15) is 0 Å². The first kappa shape index (κ1) is 13.2. The molecule has 0 amide bonds. The lowest BCUT2D eigenvalue weighted by Crippen LogP contribution is -2.47. The minimum atomic E-state index is -4.82. The van der Waals surface area contributed by atoms with Crippen molar-refractivity contribution in [3.8, 4) is 0 Å². The Morgan fingerprint density at radius 1 is 1.41 bits per heavy atom. The molecule has 0 aromatic carbocycles. The van der Waals surface area contributed by atoms with Gasteiger partial charge in [-0.1, -0.05) is 0 Å². The van der Waals surface area contributed by atoms with Crippen LogP contribution in [0.25, 0.3) is 0 Å². The normalized spacial score (nSPS) is 24.8. The Hall–Kier alpha value is -1.85. The van der Waals surface area contributed by atoms with Crippen LogP contribution in [-0.4, -0.2) is 28.5 Å². The molecule has 1 rings (SSSR count). The van der Waals surface area contributed by atoms with E-state index in [0.29, 0.717) is 12.2 Å². The van der Waals surface area contributed by atoms with Crippen LogP contribution in [0.2, 0.25) is 0 Å². The number of hydrogen-bond donors (Lipinski definition) is 2. The molecule has 0 heterocycles. The topological polar surface area (TPSA) is 167 Å². The molecule has 1 aliphatic carbocycles. The number of nitrogens with two attached hydrogens (primary N) is 1. The van der Waals surface area contributed by atoms with Gasteiger partial charge in [0.05, 0.1) is 17.4 Å². The highest BCUT2D eigenvalue weighted by Gasteiger charge is 2.45. The molecule has 11 heteroatoms. The Kier molecular flexibility index (Phi) is 3.01. The Balaban J connectivity index is 3.38. The third-order valence-electron chi connectivity index (χ3n) is 2.07. The van der Waals surface area contributed by atoms with E-state index in [-0.39, 0.29) is 0 Å². The molecule has 17 heavy (non-hydrogen) atoms. The van der Waals surface area contributed by atoms with E-state index in [9.17, 15) is 28.6 Å². The van der Waals surface area contributed by atoms with Gasteiger partial charge >= 0.3 is 15.8 Å². The van der Waals surface area contributed by atoms with Crippen LogP contribution < -0.4 is 5.73 Å². The van der Waals surface area contributed by atoms with E-state index in [1.807, 2.05) is 0 Å². The van der Waals surface area contributed by atoms with E-state index in [1.165, 1.54) is 0 Å². The van der Waals surface area contributed by atoms with E-state index in [1.54, 1.807) is 0 Å². The van der Waals surface area contributed by atoms with Crippen LogP contribution in [0.3, 0.4) is 0 Å². The van der Waals surface area contributed by atoms with Crippen LogP contribution in [0.4, 0.5) is 0 Å². The Labute approximate surface area is 94.5 Å². The predicted molar refractivity (Wildman–Crippen MR) is 53.2 cm³/mol. The van der Waals surface area contributed by atoms with Crippen molar-refractivity contribution in [2.24, 2.45) is 5.73 Å². The monoisotopic (exact) mass is 265 g/mol. The molecule has 3 N–H and O–H groups in total. The van der Waals surface area contributed by atoms with Crippen LogP contribution in [0.1, 0.15) is 6.42 Å². The second kappa shape index (κ2) is 3.87. The van der Waals surface area contributed by atoms with Gasteiger partial charge in [-0.15, -0.1) is 0 Å². The van der Waals surface area contributed by atoms with Crippen LogP contribution in [0.15, 0.2) is 22.8 Å². The summed E-state index contributed by atoms with van der Waals surface area (Å²) in [6.07, 6.45) is 0.471. The van der Waals surface area contributed by atoms with Gasteiger partial charge in [-0.3, -0.25) is 30.5 Å². The molecule has 0 aliphatic heterocycles. The van der Waals surface area contributed by atoms with Gasteiger partial charge in [0.25, 0.3) is 5.70 Å². The van der Waals surface area contributed by atoms with E-state index >= 15 is 0 Å². The highest BCUT2D eigenvalue weighted by Crippen LogP contribution is 2.28. The highest BCUT2D eigenvalue weighted by atomic mass is 32.2. The van der Waals surface area contributed by atoms with Gasteiger partial charge in [-0.2, -0.15) is 8.42 Å². The fourth-order valence-corrected chi connectivity index (χ4v) is 1.93. The van der Waals surface area contributed by atoms with Crippen molar-refractivity contribution in [1.82, 2.24) is 0 Å². The maximum Gasteiger partial charge on any atom is 0.301 e. The maximum absolute atomic E-state index is 10.8.